The van der Waals surface area contributed by atoms with Crippen molar-refractivity contribution in [2.45, 2.75) is 10.6 Å². The number of sulfonamides is 1. The van der Waals surface area contributed by atoms with Gasteiger partial charge in [0.25, 0.3) is 10.0 Å². The Labute approximate surface area is 115 Å². The van der Waals surface area contributed by atoms with E-state index in [0.29, 0.717) is 19.6 Å². The largest absolute Gasteiger partial charge is 0.464 e. The molecule has 1 atom stereocenters. The van der Waals surface area contributed by atoms with Gasteiger partial charge in [-0.15, -0.1) is 11.3 Å². The minimum Gasteiger partial charge on any atom is -0.464 e. The Bertz CT molecular complexity index is 569. The Morgan fingerprint density at radius 3 is 3.00 bits per heavy atom. The number of carbonyl (C=O) groups is 1. The second kappa shape index (κ2) is 5.53. The summed E-state index contributed by atoms with van der Waals surface area (Å²) < 4.78 is 30.7. The van der Waals surface area contributed by atoms with Crippen LogP contribution in [0.15, 0.2) is 9.72 Å². The zero-order valence-corrected chi connectivity index (χ0v) is 12.0. The van der Waals surface area contributed by atoms with Crippen LogP contribution >= 0.6 is 11.3 Å². The second-order valence-electron chi connectivity index (χ2n) is 4.23. The SMILES string of the molecule is COC(=O)c1ncsc1S(=O)(=O)N1CCC(CN)C1. The maximum absolute atomic E-state index is 12.4. The maximum atomic E-state index is 12.4. The minimum atomic E-state index is -3.69. The van der Waals surface area contributed by atoms with Crippen molar-refractivity contribution in [3.63, 3.8) is 0 Å². The average Bonchev–Trinajstić information content (AvgIpc) is 3.06. The van der Waals surface area contributed by atoms with Crippen molar-refractivity contribution in [3.8, 4) is 0 Å². The van der Waals surface area contributed by atoms with Gasteiger partial charge in [-0.25, -0.2) is 18.2 Å². The van der Waals surface area contributed by atoms with E-state index in [4.69, 9.17) is 5.73 Å². The summed E-state index contributed by atoms with van der Waals surface area (Å²) in [4.78, 5) is 15.3. The van der Waals surface area contributed by atoms with Gasteiger partial charge in [0.15, 0.2) is 9.90 Å². The van der Waals surface area contributed by atoms with Crippen LogP contribution in [0.1, 0.15) is 16.9 Å². The van der Waals surface area contributed by atoms with E-state index in [0.717, 1.165) is 17.8 Å². The summed E-state index contributed by atoms with van der Waals surface area (Å²) in [5.74, 6) is -0.571. The van der Waals surface area contributed by atoms with Gasteiger partial charge < -0.3 is 10.5 Å². The quantitative estimate of drug-likeness (QED) is 0.779. The van der Waals surface area contributed by atoms with E-state index in [2.05, 4.69) is 9.72 Å². The molecule has 9 heteroatoms. The summed E-state index contributed by atoms with van der Waals surface area (Å²) in [5, 5.41) is 0. The highest BCUT2D eigenvalue weighted by Crippen LogP contribution is 2.28. The van der Waals surface area contributed by atoms with Crippen molar-refractivity contribution in [2.24, 2.45) is 11.7 Å². The third kappa shape index (κ3) is 2.64. The molecule has 106 valence electrons. The number of nitrogens with two attached hydrogens (primary N) is 1. The standard InChI is InChI=1S/C10H15N3O4S2/c1-17-9(14)8-10(18-6-12-8)19(15,16)13-3-2-7(4-11)5-13/h6-7H,2-5,11H2,1H3. The fraction of sp³-hybridized carbons (Fsp3) is 0.600. The van der Waals surface area contributed by atoms with E-state index in [1.807, 2.05) is 0 Å². The molecule has 0 aromatic carbocycles. The van der Waals surface area contributed by atoms with Gasteiger partial charge in [-0.05, 0) is 18.9 Å². The predicted molar refractivity (Wildman–Crippen MR) is 69.4 cm³/mol. The molecule has 1 fully saturated rings. The highest BCUT2D eigenvalue weighted by Gasteiger charge is 2.36. The molecule has 2 heterocycles. The van der Waals surface area contributed by atoms with Gasteiger partial charge in [-0.2, -0.15) is 4.31 Å². The van der Waals surface area contributed by atoms with Crippen LogP contribution in [0.2, 0.25) is 0 Å². The zero-order valence-electron chi connectivity index (χ0n) is 10.4. The lowest BCUT2D eigenvalue weighted by atomic mass is 10.1. The summed E-state index contributed by atoms with van der Waals surface area (Å²) in [6.45, 7) is 1.26. The Morgan fingerprint density at radius 1 is 1.68 bits per heavy atom. The molecule has 1 aliphatic rings. The van der Waals surface area contributed by atoms with Gasteiger partial charge in [0.2, 0.25) is 0 Å². The van der Waals surface area contributed by atoms with E-state index >= 15 is 0 Å². The van der Waals surface area contributed by atoms with Crippen molar-refractivity contribution < 1.29 is 17.9 Å². The molecule has 1 unspecified atom stereocenters. The molecule has 0 spiro atoms. The van der Waals surface area contributed by atoms with Gasteiger partial charge in [-0.1, -0.05) is 0 Å². The Morgan fingerprint density at radius 2 is 2.42 bits per heavy atom. The molecule has 7 nitrogen and oxygen atoms in total. The molecule has 1 aromatic heterocycles. The molecule has 2 rings (SSSR count). The van der Waals surface area contributed by atoms with Gasteiger partial charge >= 0.3 is 5.97 Å². The van der Waals surface area contributed by atoms with Crippen molar-refractivity contribution in [1.82, 2.24) is 9.29 Å². The van der Waals surface area contributed by atoms with E-state index in [1.54, 1.807) is 0 Å². The van der Waals surface area contributed by atoms with Crippen molar-refractivity contribution in [2.75, 3.05) is 26.7 Å². The third-order valence-corrected chi connectivity index (χ3v) is 6.28. The smallest absolute Gasteiger partial charge is 0.358 e. The van der Waals surface area contributed by atoms with Crippen molar-refractivity contribution >= 4 is 27.3 Å². The highest BCUT2D eigenvalue weighted by atomic mass is 32.2. The number of methoxy groups -OCH3 is 1. The predicted octanol–water partition coefficient (Wildman–Crippen LogP) is -0.101. The molecule has 0 bridgehead atoms. The Kier molecular flexibility index (Phi) is 4.19. The minimum absolute atomic E-state index is 0.0583. The molecule has 0 amide bonds. The topological polar surface area (TPSA) is 103 Å². The van der Waals surface area contributed by atoms with Crippen LogP contribution in [0.3, 0.4) is 0 Å². The fourth-order valence-electron chi connectivity index (χ4n) is 1.98. The molecule has 19 heavy (non-hydrogen) atoms. The number of carbonyl (C=O) groups excluding carboxylic acids is 1. The Balaban J connectivity index is 2.31. The number of hydrogen-bond acceptors (Lipinski definition) is 7. The molecule has 0 saturated carbocycles. The third-order valence-electron chi connectivity index (χ3n) is 3.07. The normalized spacial score (nSPS) is 20.6. The van der Waals surface area contributed by atoms with Crippen molar-refractivity contribution in [3.05, 3.63) is 11.2 Å². The van der Waals surface area contributed by atoms with Crippen LogP contribution in [0.25, 0.3) is 0 Å². The number of aromatic nitrogens is 1. The first-order valence-corrected chi connectivity index (χ1v) is 8.04. The number of rotatable bonds is 4. The first-order chi connectivity index (χ1) is 9.00. The number of ether oxygens (including phenoxy) is 1. The van der Waals surface area contributed by atoms with Crippen LogP contribution in [0, 0.1) is 5.92 Å². The molecule has 0 radical (unpaired) electrons. The van der Waals surface area contributed by atoms with Gasteiger partial charge in [0, 0.05) is 13.1 Å². The van der Waals surface area contributed by atoms with Gasteiger partial charge in [0.05, 0.1) is 12.6 Å². The summed E-state index contributed by atoms with van der Waals surface area (Å²) in [6, 6.07) is 0. The van der Waals surface area contributed by atoms with Gasteiger partial charge in [-0.3, -0.25) is 0 Å². The molecule has 1 aromatic rings. The average molecular weight is 305 g/mol. The molecule has 1 saturated heterocycles. The lowest BCUT2D eigenvalue weighted by molar-refractivity contribution is 0.0590. The monoisotopic (exact) mass is 305 g/mol. The van der Waals surface area contributed by atoms with Crippen LogP contribution in [-0.2, 0) is 14.8 Å². The molecule has 0 aliphatic carbocycles. The van der Waals surface area contributed by atoms with Crippen molar-refractivity contribution in [1.29, 1.82) is 0 Å². The van der Waals surface area contributed by atoms with Crippen LogP contribution in [0.5, 0.6) is 0 Å². The van der Waals surface area contributed by atoms with E-state index in [9.17, 15) is 13.2 Å². The lowest BCUT2D eigenvalue weighted by Gasteiger charge is -2.15. The van der Waals surface area contributed by atoms with E-state index in [1.165, 1.54) is 16.9 Å². The Hall–Kier alpha value is -1.03. The molecule has 2 N–H and O–H groups in total. The zero-order chi connectivity index (χ0) is 14.0. The summed E-state index contributed by atoms with van der Waals surface area (Å²) >= 11 is 0.923. The van der Waals surface area contributed by atoms with E-state index in [-0.39, 0.29) is 15.8 Å². The molecule has 1 aliphatic heterocycles. The summed E-state index contributed by atoms with van der Waals surface area (Å²) in [6.07, 6.45) is 0.738. The van der Waals surface area contributed by atoms with Crippen LogP contribution in [-0.4, -0.2) is 50.4 Å². The van der Waals surface area contributed by atoms with E-state index < -0.39 is 16.0 Å². The highest BCUT2D eigenvalue weighted by molar-refractivity contribution is 7.91. The van der Waals surface area contributed by atoms with Crippen LogP contribution in [0.4, 0.5) is 0 Å². The number of nitrogens with zero attached hydrogens (tertiary/aromatic N) is 2. The first kappa shape index (κ1) is 14.4. The van der Waals surface area contributed by atoms with Gasteiger partial charge in [0.1, 0.15) is 0 Å². The first-order valence-electron chi connectivity index (χ1n) is 5.72. The summed E-state index contributed by atoms with van der Waals surface area (Å²) in [5.41, 5.74) is 6.73. The fourth-order valence-corrected chi connectivity index (χ4v) is 4.78. The summed E-state index contributed by atoms with van der Waals surface area (Å²) in [7, 11) is -2.50. The number of thiazole rings is 1. The maximum Gasteiger partial charge on any atom is 0.358 e. The molecular weight excluding hydrogens is 290 g/mol. The number of esters is 1. The molecular formula is C10H15N3O4S2. The van der Waals surface area contributed by atoms with Crippen LogP contribution < -0.4 is 5.73 Å². The number of hydrogen-bond donors (Lipinski definition) is 1. The second-order valence-corrected chi connectivity index (χ2v) is 7.22. The lowest BCUT2D eigenvalue weighted by Crippen LogP contribution is -2.30.